The molecule has 0 N–H and O–H groups in total. The van der Waals surface area contributed by atoms with Crippen LogP contribution in [0.15, 0.2) is 60.8 Å². The van der Waals surface area contributed by atoms with Crippen LogP contribution in [0.2, 0.25) is 0 Å². The third-order valence-electron chi connectivity index (χ3n) is 5.53. The summed E-state index contributed by atoms with van der Waals surface area (Å²) >= 11 is 0. The van der Waals surface area contributed by atoms with Gasteiger partial charge in [-0.3, -0.25) is 4.57 Å². The third-order valence-corrected chi connectivity index (χ3v) is 5.53. The first-order valence-corrected chi connectivity index (χ1v) is 11.0. The maximum absolute atomic E-state index is 9.12. The van der Waals surface area contributed by atoms with Crippen LogP contribution in [-0.2, 0) is 0 Å². The largest absolute Gasteiger partial charge is 0.493 e. The highest BCUT2D eigenvalue weighted by Crippen LogP contribution is 2.34. The van der Waals surface area contributed by atoms with E-state index < -0.39 is 0 Å². The summed E-state index contributed by atoms with van der Waals surface area (Å²) in [4.78, 5) is 9.30. The van der Waals surface area contributed by atoms with E-state index in [1.165, 1.54) is 0 Å². The van der Waals surface area contributed by atoms with Crippen molar-refractivity contribution < 1.29 is 9.47 Å². The van der Waals surface area contributed by atoms with Crippen LogP contribution in [0.1, 0.15) is 43.6 Å². The van der Waals surface area contributed by atoms with Crippen molar-refractivity contribution in [1.29, 1.82) is 5.26 Å². The van der Waals surface area contributed by atoms with E-state index in [-0.39, 0.29) is 6.10 Å². The molecule has 4 aromatic rings. The van der Waals surface area contributed by atoms with Crippen molar-refractivity contribution in [2.45, 2.75) is 32.8 Å². The summed E-state index contributed by atoms with van der Waals surface area (Å²) in [6.07, 6.45) is 7.45. The van der Waals surface area contributed by atoms with Crippen molar-refractivity contribution in [3.05, 3.63) is 77.7 Å². The average Bonchev–Trinajstić information content (AvgIpc) is 3.24. The van der Waals surface area contributed by atoms with Gasteiger partial charge in [0.2, 0.25) is 0 Å². The summed E-state index contributed by atoms with van der Waals surface area (Å²) in [6, 6.07) is 19.5. The number of fused-ring (bicyclic) bond motifs is 1. The van der Waals surface area contributed by atoms with Gasteiger partial charge in [0.1, 0.15) is 17.7 Å². The minimum Gasteiger partial charge on any atom is -0.493 e. The Labute approximate surface area is 193 Å². The van der Waals surface area contributed by atoms with E-state index >= 15 is 0 Å². The first kappa shape index (κ1) is 22.1. The van der Waals surface area contributed by atoms with Gasteiger partial charge in [0.15, 0.2) is 11.5 Å². The molecule has 0 atom stereocenters. The van der Waals surface area contributed by atoms with Crippen molar-refractivity contribution in [3.8, 4) is 23.4 Å². The Balaban J connectivity index is 1.80. The number of benzene rings is 2. The molecule has 0 aliphatic heterocycles. The van der Waals surface area contributed by atoms with Crippen molar-refractivity contribution in [2.24, 2.45) is 0 Å². The van der Waals surface area contributed by atoms with Crippen LogP contribution in [0.25, 0.3) is 29.0 Å². The van der Waals surface area contributed by atoms with Gasteiger partial charge in [0.05, 0.1) is 29.8 Å². The maximum atomic E-state index is 9.12. The smallest absolute Gasteiger partial charge is 0.168 e. The molecule has 2 aromatic carbocycles. The predicted molar refractivity (Wildman–Crippen MR) is 130 cm³/mol. The molecule has 2 aromatic heterocycles. The molecule has 166 valence electrons. The predicted octanol–water partition coefficient (Wildman–Crippen LogP) is 6.04. The molecule has 0 saturated carbocycles. The van der Waals surface area contributed by atoms with Gasteiger partial charge in [0.25, 0.3) is 0 Å². The van der Waals surface area contributed by atoms with E-state index in [1.807, 2.05) is 65.3 Å². The fraction of sp³-hybridized carbons (Fsp3) is 0.222. The summed E-state index contributed by atoms with van der Waals surface area (Å²) in [5.74, 6) is 2.85. The molecule has 0 aliphatic carbocycles. The molecule has 2 heterocycles. The van der Waals surface area contributed by atoms with Crippen LogP contribution in [0.5, 0.6) is 11.5 Å². The molecular weight excluding hydrogens is 412 g/mol. The van der Waals surface area contributed by atoms with E-state index in [1.54, 1.807) is 19.4 Å². The zero-order valence-corrected chi connectivity index (χ0v) is 19.0. The molecule has 0 radical (unpaired) electrons. The molecule has 6 nitrogen and oxygen atoms in total. The number of ether oxygens (including phenoxy) is 2. The Morgan fingerprint density at radius 1 is 1.03 bits per heavy atom. The molecule has 0 spiro atoms. The number of nitrogens with zero attached hydrogens (tertiary/aromatic N) is 4. The minimum atomic E-state index is 0.112. The van der Waals surface area contributed by atoms with Crippen LogP contribution in [-0.4, -0.2) is 27.7 Å². The number of imidazole rings is 1. The van der Waals surface area contributed by atoms with E-state index in [9.17, 15) is 0 Å². The van der Waals surface area contributed by atoms with Crippen LogP contribution in [0, 0.1) is 11.3 Å². The Bertz CT molecular complexity index is 1310. The van der Waals surface area contributed by atoms with Gasteiger partial charge in [-0.2, -0.15) is 5.26 Å². The fourth-order valence-electron chi connectivity index (χ4n) is 3.72. The van der Waals surface area contributed by atoms with Crippen LogP contribution >= 0.6 is 0 Å². The molecule has 4 rings (SSSR count). The Kier molecular flexibility index (Phi) is 6.70. The van der Waals surface area contributed by atoms with Gasteiger partial charge in [-0.25, -0.2) is 9.97 Å². The maximum Gasteiger partial charge on any atom is 0.168 e. The van der Waals surface area contributed by atoms with Gasteiger partial charge >= 0.3 is 0 Å². The van der Waals surface area contributed by atoms with Crippen molar-refractivity contribution >= 4 is 23.2 Å². The molecule has 0 aliphatic rings. The van der Waals surface area contributed by atoms with Crippen LogP contribution in [0.4, 0.5) is 0 Å². The molecule has 6 heteroatoms. The molecule has 33 heavy (non-hydrogen) atoms. The molecule has 0 bridgehead atoms. The number of hydrogen-bond donors (Lipinski definition) is 0. The summed E-state index contributed by atoms with van der Waals surface area (Å²) in [7, 11) is 1.65. The Hall–Kier alpha value is -4.11. The third kappa shape index (κ3) is 4.58. The summed E-state index contributed by atoms with van der Waals surface area (Å²) in [5.41, 5.74) is 3.23. The molecule has 0 amide bonds. The molecule has 0 unspecified atom stereocenters. The highest BCUT2D eigenvalue weighted by atomic mass is 16.5. The van der Waals surface area contributed by atoms with E-state index in [0.717, 1.165) is 41.0 Å². The van der Waals surface area contributed by atoms with Gasteiger partial charge < -0.3 is 9.47 Å². The first-order valence-electron chi connectivity index (χ1n) is 11.0. The van der Waals surface area contributed by atoms with Crippen LogP contribution in [0.3, 0.4) is 0 Å². The van der Waals surface area contributed by atoms with E-state index in [0.29, 0.717) is 17.1 Å². The van der Waals surface area contributed by atoms with Gasteiger partial charge in [-0.1, -0.05) is 38.1 Å². The van der Waals surface area contributed by atoms with Crippen molar-refractivity contribution in [1.82, 2.24) is 14.5 Å². The van der Waals surface area contributed by atoms with E-state index in [2.05, 4.69) is 24.9 Å². The lowest BCUT2D eigenvalue weighted by Gasteiger charge is -2.19. The lowest BCUT2D eigenvalue weighted by atomic mass is 10.1. The number of methoxy groups -OCH3 is 1. The summed E-state index contributed by atoms with van der Waals surface area (Å²) in [6.45, 7) is 4.23. The molecule has 0 fully saturated rings. The number of para-hydroxylation sites is 3. The number of aromatic nitrogens is 3. The normalized spacial score (nSPS) is 11.2. The molecule has 0 saturated heterocycles. The fourth-order valence-corrected chi connectivity index (χ4v) is 3.72. The zero-order chi connectivity index (χ0) is 23.2. The summed E-state index contributed by atoms with van der Waals surface area (Å²) < 4.78 is 13.9. The lowest BCUT2D eigenvalue weighted by molar-refractivity contribution is 0.184. The monoisotopic (exact) mass is 438 g/mol. The number of pyridine rings is 1. The van der Waals surface area contributed by atoms with Gasteiger partial charge in [-0.05, 0) is 55.3 Å². The Morgan fingerprint density at radius 3 is 2.55 bits per heavy atom. The number of hydrogen-bond acceptors (Lipinski definition) is 5. The molecular formula is C27H26N4O2. The minimum absolute atomic E-state index is 0.112. The highest BCUT2D eigenvalue weighted by Gasteiger charge is 2.15. The highest BCUT2D eigenvalue weighted by molar-refractivity contribution is 5.82. The second-order valence-electron chi connectivity index (χ2n) is 7.58. The second kappa shape index (κ2) is 10.0. The quantitative estimate of drug-likeness (QED) is 0.335. The average molecular weight is 439 g/mol. The van der Waals surface area contributed by atoms with Gasteiger partial charge in [0, 0.05) is 11.8 Å². The van der Waals surface area contributed by atoms with Crippen molar-refractivity contribution in [2.75, 3.05) is 7.11 Å². The van der Waals surface area contributed by atoms with Crippen LogP contribution < -0.4 is 9.47 Å². The first-order chi connectivity index (χ1) is 16.2. The standard InChI is InChI=1S/C27H26N4O2/c1-4-21(5-2)33-27-20(9-8-12-24(27)32-3)14-16-26-30-22-10-6-7-11-23(22)31(26)25-15-13-19(17-28)18-29-25/h6-16,18,21H,4-5H2,1-3H3. The zero-order valence-electron chi connectivity index (χ0n) is 19.0. The lowest BCUT2D eigenvalue weighted by Crippen LogP contribution is -2.14. The number of rotatable bonds is 8. The number of nitriles is 1. The van der Waals surface area contributed by atoms with E-state index in [4.69, 9.17) is 19.7 Å². The second-order valence-corrected chi connectivity index (χ2v) is 7.58. The topological polar surface area (TPSA) is 73.0 Å². The van der Waals surface area contributed by atoms with Crippen molar-refractivity contribution in [3.63, 3.8) is 0 Å². The van der Waals surface area contributed by atoms with Gasteiger partial charge in [-0.15, -0.1) is 0 Å². The Morgan fingerprint density at radius 2 is 1.85 bits per heavy atom. The SMILES string of the molecule is CCC(CC)Oc1c(C=Cc2nc3ccccc3n2-c2ccc(C#N)cn2)cccc1OC. The summed E-state index contributed by atoms with van der Waals surface area (Å²) in [5, 5.41) is 9.12.